The normalized spacial score (nSPS) is 15.9. The summed E-state index contributed by atoms with van der Waals surface area (Å²) in [4.78, 5) is 17.6. The fourth-order valence-corrected chi connectivity index (χ4v) is 7.70. The minimum Gasteiger partial charge on any atom is -0.353 e. The van der Waals surface area contributed by atoms with Crippen molar-refractivity contribution in [3.05, 3.63) is 126 Å². The summed E-state index contributed by atoms with van der Waals surface area (Å²) in [7, 11) is 0. The molecular weight excluding hydrogens is 573 g/mol. The summed E-state index contributed by atoms with van der Waals surface area (Å²) >= 11 is 0. The van der Waals surface area contributed by atoms with Gasteiger partial charge in [-0.05, 0) is 61.6 Å². The van der Waals surface area contributed by atoms with E-state index in [4.69, 9.17) is 15.0 Å². The number of benzene rings is 4. The van der Waals surface area contributed by atoms with E-state index in [0.717, 1.165) is 36.0 Å². The molecule has 0 bridgehead atoms. The molecule has 1 saturated heterocycles. The first-order chi connectivity index (χ1) is 22.6. The van der Waals surface area contributed by atoms with Gasteiger partial charge in [0, 0.05) is 33.3 Å². The number of anilines is 1. The van der Waals surface area contributed by atoms with Crippen molar-refractivity contribution < 1.29 is 0 Å². The SMILES string of the molecule is CCC1(CC)CC(C)(C)N(c2c(C(C)C)cccc2C(C)C)[C]1c1ccc(-c2nc(-c3ccccc3)nc(-c3ccccc3)n2)cc1. The molecule has 4 aromatic carbocycles. The summed E-state index contributed by atoms with van der Waals surface area (Å²) in [6, 6.07) is 37.8. The van der Waals surface area contributed by atoms with Crippen LogP contribution < -0.4 is 4.90 Å². The highest BCUT2D eigenvalue weighted by molar-refractivity contribution is 5.72. The highest BCUT2D eigenvalue weighted by atomic mass is 15.3. The predicted molar refractivity (Wildman–Crippen MR) is 197 cm³/mol. The monoisotopic (exact) mass is 621 g/mol. The Morgan fingerprint density at radius 2 is 0.957 bits per heavy atom. The molecule has 0 saturated carbocycles. The van der Waals surface area contributed by atoms with Gasteiger partial charge >= 0.3 is 0 Å². The predicted octanol–water partition coefficient (Wildman–Crippen LogP) is 11.5. The second-order valence-electron chi connectivity index (χ2n) is 14.4. The Kier molecular flexibility index (Phi) is 9.07. The average Bonchev–Trinajstić information content (AvgIpc) is 3.35. The van der Waals surface area contributed by atoms with Crippen molar-refractivity contribution >= 4 is 5.69 Å². The van der Waals surface area contributed by atoms with Gasteiger partial charge in [0.15, 0.2) is 17.5 Å². The van der Waals surface area contributed by atoms with Crippen LogP contribution in [0.25, 0.3) is 34.2 Å². The van der Waals surface area contributed by atoms with Crippen LogP contribution in [0.4, 0.5) is 5.69 Å². The molecule has 4 heteroatoms. The summed E-state index contributed by atoms with van der Waals surface area (Å²) in [5.41, 5.74) is 8.49. The van der Waals surface area contributed by atoms with Crippen molar-refractivity contribution in [2.24, 2.45) is 5.41 Å². The summed E-state index contributed by atoms with van der Waals surface area (Å²) in [6.07, 6.45) is 3.30. The van der Waals surface area contributed by atoms with E-state index >= 15 is 0 Å². The molecule has 1 fully saturated rings. The van der Waals surface area contributed by atoms with Gasteiger partial charge in [0.1, 0.15) is 0 Å². The van der Waals surface area contributed by atoms with Crippen LogP contribution in [0, 0.1) is 11.5 Å². The van der Waals surface area contributed by atoms with Gasteiger partial charge < -0.3 is 4.90 Å². The molecule has 0 aliphatic carbocycles. The quantitative estimate of drug-likeness (QED) is 0.164. The lowest BCUT2D eigenvalue weighted by molar-refractivity contribution is 0.284. The van der Waals surface area contributed by atoms with Gasteiger partial charge in [-0.15, -0.1) is 0 Å². The number of para-hydroxylation sites is 1. The van der Waals surface area contributed by atoms with E-state index in [-0.39, 0.29) is 11.0 Å². The Balaban J connectivity index is 1.49. The van der Waals surface area contributed by atoms with Gasteiger partial charge in [0.05, 0.1) is 6.04 Å². The highest BCUT2D eigenvalue weighted by Crippen LogP contribution is 2.60. The standard InChI is InChI=1S/C43H49N4/c1-9-43(10-2)28-42(7,8)47(37-35(29(3)4)22-17-23-36(37)30(5)6)38(43)31-24-26-34(27-25-31)41-45-39(32-18-13-11-14-19-32)44-40(46-41)33-20-15-12-16-21-33/h11-27,29-30H,9-10,28H2,1-8H3. The van der Waals surface area contributed by atoms with E-state index < -0.39 is 0 Å². The van der Waals surface area contributed by atoms with Crippen molar-refractivity contribution in [3.63, 3.8) is 0 Å². The first-order valence-electron chi connectivity index (χ1n) is 17.4. The van der Waals surface area contributed by atoms with Crippen LogP contribution in [0.2, 0.25) is 0 Å². The van der Waals surface area contributed by atoms with Crippen LogP contribution in [-0.2, 0) is 0 Å². The zero-order valence-corrected chi connectivity index (χ0v) is 29.4. The number of aromatic nitrogens is 3. The Morgan fingerprint density at radius 3 is 1.36 bits per heavy atom. The lowest BCUT2D eigenvalue weighted by Crippen LogP contribution is -2.42. The van der Waals surface area contributed by atoms with Crippen LogP contribution in [0.5, 0.6) is 0 Å². The summed E-state index contributed by atoms with van der Waals surface area (Å²) in [5, 5.41) is 0. The maximum Gasteiger partial charge on any atom is 0.164 e. The van der Waals surface area contributed by atoms with E-state index in [9.17, 15) is 0 Å². The summed E-state index contributed by atoms with van der Waals surface area (Å²) in [6.45, 7) is 18.9. The van der Waals surface area contributed by atoms with E-state index in [1.165, 1.54) is 28.4 Å². The molecule has 1 radical (unpaired) electrons. The maximum absolute atomic E-state index is 5.00. The summed E-state index contributed by atoms with van der Waals surface area (Å²) < 4.78 is 0. The van der Waals surface area contributed by atoms with Crippen LogP contribution in [-0.4, -0.2) is 20.5 Å². The molecule has 2 heterocycles. The minimum atomic E-state index is -0.0436. The zero-order chi connectivity index (χ0) is 33.3. The molecular formula is C43H49N4. The number of hydrogen-bond donors (Lipinski definition) is 0. The van der Waals surface area contributed by atoms with E-state index in [0.29, 0.717) is 29.3 Å². The third kappa shape index (κ3) is 6.11. The van der Waals surface area contributed by atoms with Gasteiger partial charge in [-0.2, -0.15) is 0 Å². The minimum absolute atomic E-state index is 0.0436. The van der Waals surface area contributed by atoms with Crippen molar-refractivity contribution in [1.82, 2.24) is 15.0 Å². The molecule has 0 unspecified atom stereocenters. The van der Waals surface area contributed by atoms with E-state index in [1.54, 1.807) is 0 Å². The molecule has 0 atom stereocenters. The molecule has 1 aliphatic heterocycles. The molecule has 47 heavy (non-hydrogen) atoms. The number of hydrogen-bond acceptors (Lipinski definition) is 4. The van der Waals surface area contributed by atoms with Crippen LogP contribution in [0.3, 0.4) is 0 Å². The van der Waals surface area contributed by atoms with Crippen molar-refractivity contribution in [2.45, 2.75) is 92.0 Å². The molecule has 1 aliphatic rings. The molecule has 1 aromatic heterocycles. The van der Waals surface area contributed by atoms with Crippen molar-refractivity contribution in [2.75, 3.05) is 4.90 Å². The fraction of sp³-hybridized carbons (Fsp3) is 0.349. The molecule has 5 aromatic rings. The number of rotatable bonds is 9. The average molecular weight is 622 g/mol. The maximum atomic E-state index is 5.00. The lowest BCUT2D eigenvalue weighted by Gasteiger charge is -2.43. The zero-order valence-electron chi connectivity index (χ0n) is 29.4. The highest BCUT2D eigenvalue weighted by Gasteiger charge is 2.56. The molecule has 0 spiro atoms. The molecule has 0 amide bonds. The Morgan fingerprint density at radius 1 is 0.553 bits per heavy atom. The van der Waals surface area contributed by atoms with Gasteiger partial charge in [0.2, 0.25) is 0 Å². The molecule has 241 valence electrons. The van der Waals surface area contributed by atoms with E-state index in [2.05, 4.69) is 127 Å². The Hall–Kier alpha value is -4.31. The van der Waals surface area contributed by atoms with Gasteiger partial charge in [-0.1, -0.05) is 145 Å². The Bertz CT molecular complexity index is 1720. The number of nitrogens with zero attached hydrogens (tertiary/aromatic N) is 4. The topological polar surface area (TPSA) is 41.9 Å². The summed E-state index contributed by atoms with van der Waals surface area (Å²) in [5.74, 6) is 2.88. The van der Waals surface area contributed by atoms with Crippen LogP contribution in [0.15, 0.2) is 103 Å². The molecule has 6 rings (SSSR count). The lowest BCUT2D eigenvalue weighted by atomic mass is 9.71. The van der Waals surface area contributed by atoms with Gasteiger partial charge in [0.25, 0.3) is 0 Å². The molecule has 0 N–H and O–H groups in total. The fourth-order valence-electron chi connectivity index (χ4n) is 7.70. The van der Waals surface area contributed by atoms with Crippen molar-refractivity contribution in [1.29, 1.82) is 0 Å². The second kappa shape index (κ2) is 13.1. The second-order valence-corrected chi connectivity index (χ2v) is 14.4. The van der Waals surface area contributed by atoms with Crippen molar-refractivity contribution in [3.8, 4) is 34.2 Å². The third-order valence-corrected chi connectivity index (χ3v) is 10.1. The van der Waals surface area contributed by atoms with E-state index in [1.807, 2.05) is 36.4 Å². The van der Waals surface area contributed by atoms with Crippen LogP contribution in [0.1, 0.15) is 103 Å². The largest absolute Gasteiger partial charge is 0.353 e. The first kappa shape index (κ1) is 32.6. The first-order valence-corrected chi connectivity index (χ1v) is 17.4. The van der Waals surface area contributed by atoms with Crippen LogP contribution >= 0.6 is 0 Å². The Labute approximate surface area is 282 Å². The van der Waals surface area contributed by atoms with Gasteiger partial charge in [-0.3, -0.25) is 0 Å². The smallest absolute Gasteiger partial charge is 0.164 e. The third-order valence-electron chi connectivity index (χ3n) is 10.1. The van der Waals surface area contributed by atoms with Gasteiger partial charge in [-0.25, -0.2) is 15.0 Å². The molecule has 4 nitrogen and oxygen atoms in total.